The fraction of sp³-hybridized carbons (Fsp3) is 0.489. The molecule has 0 spiro atoms. The zero-order valence-electron chi connectivity index (χ0n) is 34.1. The number of anilines is 1. The number of hydrogen-bond acceptors (Lipinski definition) is 10. The second-order valence-corrected chi connectivity index (χ2v) is 17.5. The predicted molar refractivity (Wildman–Crippen MR) is 225 cm³/mol. The lowest BCUT2D eigenvalue weighted by Crippen LogP contribution is -2.49. The van der Waals surface area contributed by atoms with E-state index in [-0.39, 0.29) is 29.6 Å². The Morgan fingerprint density at radius 3 is 2.47 bits per heavy atom. The van der Waals surface area contributed by atoms with Gasteiger partial charge in [0.15, 0.2) is 5.58 Å². The van der Waals surface area contributed by atoms with E-state index < -0.39 is 11.8 Å². The number of aromatic nitrogens is 4. The van der Waals surface area contributed by atoms with Gasteiger partial charge in [-0.05, 0) is 106 Å². The van der Waals surface area contributed by atoms with Crippen LogP contribution in [-0.2, 0) is 22.4 Å². The van der Waals surface area contributed by atoms with Crippen LogP contribution in [0.4, 0.5) is 10.6 Å². The second kappa shape index (κ2) is 15.6. The summed E-state index contributed by atoms with van der Waals surface area (Å²) in [6.45, 7) is 5.19. The van der Waals surface area contributed by atoms with Crippen LogP contribution in [0.15, 0.2) is 59.4 Å². The molecule has 10 rings (SSSR count). The Balaban J connectivity index is 0.731. The molecule has 0 bridgehead atoms. The zero-order chi connectivity index (χ0) is 41.1. The molecule has 4 aliphatic heterocycles. The van der Waals surface area contributed by atoms with Gasteiger partial charge in [0.1, 0.15) is 17.2 Å². The van der Waals surface area contributed by atoms with Crippen LogP contribution < -0.4 is 16.0 Å². The first-order valence-corrected chi connectivity index (χ1v) is 21.7. The molecule has 60 heavy (non-hydrogen) atoms. The van der Waals surface area contributed by atoms with Gasteiger partial charge in [-0.25, -0.2) is 14.8 Å². The van der Waals surface area contributed by atoms with Crippen LogP contribution in [0.25, 0.3) is 21.9 Å². The van der Waals surface area contributed by atoms with Crippen LogP contribution in [0, 0.1) is 0 Å². The summed E-state index contributed by atoms with van der Waals surface area (Å²) >= 11 is 0. The largest absolute Gasteiger partial charge is 0.364 e. The molecule has 5 amide bonds. The number of piperidine rings is 3. The fourth-order valence-electron chi connectivity index (χ4n) is 10.5. The summed E-state index contributed by atoms with van der Waals surface area (Å²) in [5.74, 6) is -0.352. The van der Waals surface area contributed by atoms with Crippen LogP contribution in [0.3, 0.4) is 0 Å². The molecule has 5 aliphatic rings. The minimum atomic E-state index is -0.570. The predicted octanol–water partition coefficient (Wildman–Crippen LogP) is 4.90. The molecular formula is C45H52N10O5. The van der Waals surface area contributed by atoms with Gasteiger partial charge in [0.2, 0.25) is 11.8 Å². The van der Waals surface area contributed by atoms with Crippen molar-refractivity contribution in [3.05, 3.63) is 83.1 Å². The van der Waals surface area contributed by atoms with Crippen LogP contribution in [0.2, 0.25) is 0 Å². The Bertz CT molecular complexity index is 2460. The standard InChI is InChI=1S/C45H52N10O5/c1-51-21-22-55(45(51)59)30-3-2-17-53(26-30)38-25-47-42(43(46)57)35(48-38)10-6-27-4-7-28(8-5-27)29-14-18-52(19-15-29)31-23-32(24-31)54-20-16-33-36(54)11-12-37-40(33)41(50-60-37)34-9-13-39(56)49-44(34)58/h4-5,7-8,11-12,16,20,25,29-32,34H,2-3,6,9-10,13-15,17-19,21-24,26H2,1H3,(H2,46,57)(H,49,56,58)/t30-,31-,32-,34?/m1/s1. The molecular weight excluding hydrogens is 761 g/mol. The first-order valence-electron chi connectivity index (χ1n) is 21.7. The highest BCUT2D eigenvalue weighted by Crippen LogP contribution is 2.43. The highest BCUT2D eigenvalue weighted by Gasteiger charge is 2.38. The number of nitrogens with zero attached hydrogens (tertiary/aromatic N) is 8. The summed E-state index contributed by atoms with van der Waals surface area (Å²) in [6.07, 6.45) is 12.2. The van der Waals surface area contributed by atoms with Gasteiger partial charge < -0.3 is 34.4 Å². The quantitative estimate of drug-likeness (QED) is 0.185. The summed E-state index contributed by atoms with van der Waals surface area (Å²) in [5.41, 5.74) is 11.6. The van der Waals surface area contributed by atoms with Crippen molar-refractivity contribution in [2.45, 2.75) is 94.2 Å². The number of nitrogens with two attached hydrogens (primary N) is 1. The maximum atomic E-state index is 12.7. The number of likely N-dealkylation sites (tertiary alicyclic amines) is 1. The molecule has 2 atom stereocenters. The minimum Gasteiger partial charge on any atom is -0.364 e. The first-order chi connectivity index (χ1) is 29.2. The van der Waals surface area contributed by atoms with Crippen LogP contribution in [0.5, 0.6) is 0 Å². The molecule has 5 aromatic rings. The molecule has 1 saturated carbocycles. The van der Waals surface area contributed by atoms with E-state index in [1.54, 1.807) is 11.1 Å². The number of amides is 5. The number of imide groups is 1. The van der Waals surface area contributed by atoms with Crippen LogP contribution in [0.1, 0.15) is 102 Å². The molecule has 3 N–H and O–H groups in total. The van der Waals surface area contributed by atoms with Crippen LogP contribution >= 0.6 is 0 Å². The number of fused-ring (bicyclic) bond motifs is 3. The molecule has 312 valence electrons. The third kappa shape index (κ3) is 7.05. The summed E-state index contributed by atoms with van der Waals surface area (Å²) in [4.78, 5) is 67.5. The lowest BCUT2D eigenvalue weighted by Gasteiger charge is -2.46. The van der Waals surface area contributed by atoms with Gasteiger partial charge in [0.05, 0.1) is 29.2 Å². The summed E-state index contributed by atoms with van der Waals surface area (Å²) in [7, 11) is 1.85. The normalized spacial score (nSPS) is 24.4. The monoisotopic (exact) mass is 812 g/mol. The molecule has 1 aliphatic carbocycles. The molecule has 3 aromatic heterocycles. The highest BCUT2D eigenvalue weighted by molar-refractivity contribution is 6.09. The van der Waals surface area contributed by atoms with Gasteiger partial charge in [-0.1, -0.05) is 29.4 Å². The average molecular weight is 813 g/mol. The van der Waals surface area contributed by atoms with E-state index in [4.69, 9.17) is 15.2 Å². The number of hydrogen-bond donors (Lipinski definition) is 2. The fourth-order valence-corrected chi connectivity index (χ4v) is 10.5. The van der Waals surface area contributed by atoms with Gasteiger partial charge in [-0.2, -0.15) is 0 Å². The third-order valence-corrected chi connectivity index (χ3v) is 14.0. The van der Waals surface area contributed by atoms with E-state index in [2.05, 4.69) is 72.4 Å². The Morgan fingerprint density at radius 2 is 1.72 bits per heavy atom. The van der Waals surface area contributed by atoms with Crippen molar-refractivity contribution < 1.29 is 23.7 Å². The summed E-state index contributed by atoms with van der Waals surface area (Å²) in [6, 6.07) is 16.3. The SMILES string of the molecule is CN1CCN([C@@H]2CCCN(c3cnc(C(N)=O)c(CCc4ccc(C5CCN([C@H]6C[C@H](n7ccc8c9c(C%10CCC(=O)NC%10=O)noc9ccc87)C6)CC5)cc4)n3)C2)C1=O. The van der Waals surface area contributed by atoms with Crippen molar-refractivity contribution in [1.29, 1.82) is 0 Å². The molecule has 7 heterocycles. The number of urea groups is 1. The maximum absolute atomic E-state index is 12.7. The summed E-state index contributed by atoms with van der Waals surface area (Å²) in [5, 5.41) is 8.67. The van der Waals surface area contributed by atoms with Gasteiger partial charge in [0, 0.05) is 68.8 Å². The Kier molecular flexibility index (Phi) is 10.0. The number of rotatable bonds is 10. The molecule has 15 heteroatoms. The molecule has 2 aromatic carbocycles. The molecule has 5 fully saturated rings. The van der Waals surface area contributed by atoms with Crippen molar-refractivity contribution in [3.8, 4) is 0 Å². The Hall–Kier alpha value is -5.83. The van der Waals surface area contributed by atoms with Gasteiger partial charge in [-0.3, -0.25) is 19.7 Å². The molecule has 0 radical (unpaired) electrons. The lowest BCUT2D eigenvalue weighted by molar-refractivity contribution is -0.134. The smallest absolute Gasteiger partial charge is 0.320 e. The van der Waals surface area contributed by atoms with E-state index in [1.165, 1.54) is 11.1 Å². The van der Waals surface area contributed by atoms with Gasteiger partial charge in [0.25, 0.3) is 5.91 Å². The van der Waals surface area contributed by atoms with Crippen molar-refractivity contribution in [2.24, 2.45) is 5.73 Å². The third-order valence-electron chi connectivity index (χ3n) is 14.0. The molecule has 15 nitrogen and oxygen atoms in total. The number of likely N-dealkylation sites (N-methyl/N-ethyl adjacent to an activating group) is 1. The van der Waals surface area contributed by atoms with Crippen molar-refractivity contribution in [2.75, 3.05) is 51.2 Å². The number of carbonyl (C=O) groups is 4. The van der Waals surface area contributed by atoms with E-state index in [9.17, 15) is 19.2 Å². The van der Waals surface area contributed by atoms with E-state index in [1.807, 2.05) is 18.0 Å². The number of aryl methyl sites for hydroxylation is 2. The molecule has 4 saturated heterocycles. The van der Waals surface area contributed by atoms with Crippen LogP contribution in [-0.4, -0.2) is 117 Å². The van der Waals surface area contributed by atoms with E-state index in [0.29, 0.717) is 60.8 Å². The van der Waals surface area contributed by atoms with Crippen molar-refractivity contribution in [3.63, 3.8) is 0 Å². The number of benzene rings is 2. The van der Waals surface area contributed by atoms with Gasteiger partial charge in [-0.15, -0.1) is 0 Å². The lowest BCUT2D eigenvalue weighted by atomic mass is 9.82. The van der Waals surface area contributed by atoms with Crippen molar-refractivity contribution in [1.82, 2.24) is 39.7 Å². The molecule has 1 unspecified atom stereocenters. The summed E-state index contributed by atoms with van der Waals surface area (Å²) < 4.78 is 8.03. The maximum Gasteiger partial charge on any atom is 0.320 e. The van der Waals surface area contributed by atoms with Crippen molar-refractivity contribution >= 4 is 51.4 Å². The van der Waals surface area contributed by atoms with Gasteiger partial charge >= 0.3 is 6.03 Å². The first kappa shape index (κ1) is 38.4. The number of nitrogens with one attached hydrogen (secondary N) is 1. The topological polar surface area (TPSA) is 176 Å². The average Bonchev–Trinajstić information content (AvgIpc) is 3.96. The van der Waals surface area contributed by atoms with E-state index >= 15 is 0 Å². The van der Waals surface area contributed by atoms with E-state index in [0.717, 1.165) is 99.8 Å². The Labute approximate surface area is 348 Å². The highest BCUT2D eigenvalue weighted by atomic mass is 16.5. The number of primary amides is 1. The zero-order valence-corrected chi connectivity index (χ0v) is 34.1. The Morgan fingerprint density at radius 1 is 0.900 bits per heavy atom. The number of carbonyl (C=O) groups excluding carboxylic acids is 4. The second-order valence-electron chi connectivity index (χ2n) is 17.5. The minimum absolute atomic E-state index is 0.0855.